The van der Waals surface area contributed by atoms with Gasteiger partial charge in [-0.05, 0) is 31.9 Å². The van der Waals surface area contributed by atoms with E-state index in [4.69, 9.17) is 11.5 Å². The quantitative estimate of drug-likeness (QED) is 0.856. The van der Waals surface area contributed by atoms with E-state index in [1.165, 1.54) is 0 Å². The van der Waals surface area contributed by atoms with Crippen molar-refractivity contribution in [2.24, 2.45) is 11.5 Å². The van der Waals surface area contributed by atoms with Crippen molar-refractivity contribution >= 4 is 37.8 Å². The summed E-state index contributed by atoms with van der Waals surface area (Å²) in [5.74, 6) is 0.574. The summed E-state index contributed by atoms with van der Waals surface area (Å²) in [6, 6.07) is -0.713. The highest BCUT2D eigenvalue weighted by Crippen LogP contribution is 2.27. The number of halogens is 2. The van der Waals surface area contributed by atoms with Crippen molar-refractivity contribution < 1.29 is 4.79 Å². The average molecular weight is 354 g/mol. The second-order valence-electron chi connectivity index (χ2n) is 3.83. The minimum Gasteiger partial charge on any atom is -0.368 e. The van der Waals surface area contributed by atoms with Gasteiger partial charge in [-0.2, -0.15) is 0 Å². The number of aromatic nitrogens is 2. The number of carbonyl (C=O) groups excluding carboxylic acids is 1. The van der Waals surface area contributed by atoms with Gasteiger partial charge in [-0.15, -0.1) is 0 Å². The summed E-state index contributed by atoms with van der Waals surface area (Å²) in [4.78, 5) is 15.3. The Bertz CT molecular complexity index is 402. The number of primary amides is 1. The molecule has 0 aliphatic rings. The number of hydrogen-bond acceptors (Lipinski definition) is 3. The molecule has 1 atom stereocenters. The van der Waals surface area contributed by atoms with Gasteiger partial charge in [0.15, 0.2) is 0 Å². The maximum absolute atomic E-state index is 10.9. The number of imidazole rings is 1. The summed E-state index contributed by atoms with van der Waals surface area (Å²) in [6.45, 7) is 4.36. The van der Waals surface area contributed by atoms with Crippen LogP contribution >= 0.6 is 31.9 Å². The lowest BCUT2D eigenvalue weighted by Crippen LogP contribution is -2.40. The number of nitrogens with two attached hydrogens (primary N) is 2. The molecule has 16 heavy (non-hydrogen) atoms. The Labute approximate surface area is 111 Å². The third-order valence-electron chi connectivity index (χ3n) is 2.16. The lowest BCUT2D eigenvalue weighted by atomic mass is 10.2. The van der Waals surface area contributed by atoms with Gasteiger partial charge in [-0.25, -0.2) is 4.98 Å². The Hall–Kier alpha value is -0.400. The molecule has 0 aliphatic carbocycles. The SMILES string of the molecule is CC(C)c1nc(Br)c(Br)n1CC(N)C(N)=O. The summed E-state index contributed by atoms with van der Waals surface area (Å²) in [5.41, 5.74) is 10.8. The Morgan fingerprint density at radius 1 is 1.50 bits per heavy atom. The van der Waals surface area contributed by atoms with E-state index in [0.717, 1.165) is 10.4 Å². The first-order chi connectivity index (χ1) is 7.34. The maximum atomic E-state index is 10.9. The summed E-state index contributed by atoms with van der Waals surface area (Å²) < 4.78 is 3.32. The first-order valence-electron chi connectivity index (χ1n) is 4.81. The molecule has 1 amide bonds. The standard InChI is InChI=1S/C9H14Br2N4O/c1-4(2)9-14-6(10)7(11)15(9)3-5(12)8(13)16/h4-5H,3,12H2,1-2H3,(H2,13,16). The van der Waals surface area contributed by atoms with Gasteiger partial charge < -0.3 is 16.0 Å². The van der Waals surface area contributed by atoms with Gasteiger partial charge in [0, 0.05) is 12.5 Å². The van der Waals surface area contributed by atoms with Crippen molar-refractivity contribution in [1.29, 1.82) is 0 Å². The molecule has 1 aromatic rings. The maximum Gasteiger partial charge on any atom is 0.236 e. The van der Waals surface area contributed by atoms with Crippen LogP contribution in [0.1, 0.15) is 25.6 Å². The monoisotopic (exact) mass is 352 g/mol. The minimum absolute atomic E-state index is 0.239. The van der Waals surface area contributed by atoms with Crippen LogP contribution in [-0.2, 0) is 11.3 Å². The predicted molar refractivity (Wildman–Crippen MR) is 68.9 cm³/mol. The van der Waals surface area contributed by atoms with Gasteiger partial charge >= 0.3 is 0 Å². The zero-order valence-corrected chi connectivity index (χ0v) is 12.2. The van der Waals surface area contributed by atoms with Gasteiger partial charge in [0.25, 0.3) is 0 Å². The number of nitrogens with zero attached hydrogens (tertiary/aromatic N) is 2. The molecule has 90 valence electrons. The zero-order chi connectivity index (χ0) is 12.5. The molecule has 7 heteroatoms. The van der Waals surface area contributed by atoms with E-state index < -0.39 is 11.9 Å². The Morgan fingerprint density at radius 2 is 2.06 bits per heavy atom. The molecule has 0 saturated heterocycles. The van der Waals surface area contributed by atoms with Crippen LogP contribution < -0.4 is 11.5 Å². The van der Waals surface area contributed by atoms with E-state index in [2.05, 4.69) is 36.8 Å². The molecule has 1 aromatic heterocycles. The first-order valence-corrected chi connectivity index (χ1v) is 6.39. The van der Waals surface area contributed by atoms with E-state index in [-0.39, 0.29) is 5.92 Å². The van der Waals surface area contributed by atoms with Crippen LogP contribution in [0.5, 0.6) is 0 Å². The van der Waals surface area contributed by atoms with Crippen LogP contribution in [0, 0.1) is 0 Å². The number of amides is 1. The van der Waals surface area contributed by atoms with Crippen LogP contribution in [-0.4, -0.2) is 21.5 Å². The van der Waals surface area contributed by atoms with Crippen molar-refractivity contribution in [3.8, 4) is 0 Å². The van der Waals surface area contributed by atoms with Gasteiger partial charge in [-0.3, -0.25) is 4.79 Å². The number of hydrogen-bond donors (Lipinski definition) is 2. The molecule has 0 aliphatic heterocycles. The van der Waals surface area contributed by atoms with Crippen molar-refractivity contribution in [3.63, 3.8) is 0 Å². The number of rotatable bonds is 4. The first kappa shape index (κ1) is 13.7. The Kier molecular flexibility index (Phi) is 4.52. The molecule has 0 fully saturated rings. The Morgan fingerprint density at radius 3 is 2.50 bits per heavy atom. The van der Waals surface area contributed by atoms with Crippen LogP contribution in [0.25, 0.3) is 0 Å². The van der Waals surface area contributed by atoms with Crippen molar-refractivity contribution in [2.75, 3.05) is 0 Å². The highest BCUT2D eigenvalue weighted by atomic mass is 79.9. The fourth-order valence-electron chi connectivity index (χ4n) is 1.32. The summed E-state index contributed by atoms with van der Waals surface area (Å²) in [7, 11) is 0. The van der Waals surface area contributed by atoms with Gasteiger partial charge in [-0.1, -0.05) is 13.8 Å². The lowest BCUT2D eigenvalue weighted by Gasteiger charge is -2.14. The summed E-state index contributed by atoms with van der Waals surface area (Å²) >= 11 is 6.72. The fourth-order valence-corrected chi connectivity index (χ4v) is 2.13. The molecule has 4 N–H and O–H groups in total. The molecular weight excluding hydrogens is 340 g/mol. The van der Waals surface area contributed by atoms with Gasteiger partial charge in [0.05, 0.1) is 0 Å². The van der Waals surface area contributed by atoms with E-state index >= 15 is 0 Å². The second kappa shape index (κ2) is 5.29. The molecular formula is C9H14Br2N4O. The Balaban J connectivity index is 3.06. The lowest BCUT2D eigenvalue weighted by molar-refractivity contribution is -0.119. The summed E-state index contributed by atoms with van der Waals surface area (Å²) in [5, 5.41) is 0. The van der Waals surface area contributed by atoms with E-state index in [1.54, 1.807) is 0 Å². The molecule has 1 heterocycles. The van der Waals surface area contributed by atoms with Crippen LogP contribution in [0.4, 0.5) is 0 Å². The van der Waals surface area contributed by atoms with E-state index in [1.807, 2.05) is 18.4 Å². The highest BCUT2D eigenvalue weighted by Gasteiger charge is 2.19. The minimum atomic E-state index is -0.713. The van der Waals surface area contributed by atoms with Crippen LogP contribution in [0.15, 0.2) is 9.21 Å². The van der Waals surface area contributed by atoms with Crippen molar-refractivity contribution in [3.05, 3.63) is 15.0 Å². The molecule has 1 unspecified atom stereocenters. The van der Waals surface area contributed by atoms with Gasteiger partial charge in [0.1, 0.15) is 21.1 Å². The predicted octanol–water partition coefficient (Wildman–Crippen LogP) is 1.34. The molecule has 1 rings (SSSR count). The molecule has 0 aromatic carbocycles. The third kappa shape index (κ3) is 2.83. The highest BCUT2D eigenvalue weighted by molar-refractivity contribution is 9.13. The van der Waals surface area contributed by atoms with Crippen molar-refractivity contribution in [1.82, 2.24) is 9.55 Å². The van der Waals surface area contributed by atoms with E-state index in [9.17, 15) is 4.79 Å². The second-order valence-corrected chi connectivity index (χ2v) is 5.33. The average Bonchev–Trinajstić information content (AvgIpc) is 2.45. The van der Waals surface area contributed by atoms with Crippen LogP contribution in [0.3, 0.4) is 0 Å². The smallest absolute Gasteiger partial charge is 0.236 e. The van der Waals surface area contributed by atoms with Gasteiger partial charge in [0.2, 0.25) is 5.91 Å². The van der Waals surface area contributed by atoms with Crippen molar-refractivity contribution in [2.45, 2.75) is 32.4 Å². The topological polar surface area (TPSA) is 86.9 Å². The largest absolute Gasteiger partial charge is 0.368 e. The van der Waals surface area contributed by atoms with E-state index in [0.29, 0.717) is 11.1 Å². The molecule has 0 saturated carbocycles. The third-order valence-corrected chi connectivity index (χ3v) is 4.05. The summed E-state index contributed by atoms with van der Waals surface area (Å²) in [6.07, 6.45) is 0. The number of carbonyl (C=O) groups is 1. The molecule has 5 nitrogen and oxygen atoms in total. The fraction of sp³-hybridized carbons (Fsp3) is 0.556. The molecule has 0 radical (unpaired) electrons. The zero-order valence-electron chi connectivity index (χ0n) is 9.08. The van der Waals surface area contributed by atoms with Crippen LogP contribution in [0.2, 0.25) is 0 Å². The molecule has 0 spiro atoms. The normalized spacial score (nSPS) is 13.1. The molecule has 0 bridgehead atoms.